The lowest BCUT2D eigenvalue weighted by atomic mass is 10.2. The highest BCUT2D eigenvalue weighted by atomic mass is 32.2. The van der Waals surface area contributed by atoms with E-state index in [2.05, 4.69) is 5.32 Å². The van der Waals surface area contributed by atoms with E-state index in [9.17, 15) is 17.6 Å². The number of anilines is 2. The van der Waals surface area contributed by atoms with Crippen LogP contribution in [0.1, 0.15) is 5.56 Å². The molecule has 0 aromatic heterocycles. The number of amides is 1. The molecule has 2 aromatic rings. The quantitative estimate of drug-likeness (QED) is 0.799. The standard InChI is InChI=1S/C17H19FN2O3S2/c1-20(25(2,22)23)16-5-3-4-15(10-16)19-17(21)12-24-11-13-6-8-14(18)9-7-13/h3-10H,11-12H2,1-2H3,(H,19,21). The molecule has 0 aliphatic heterocycles. The number of nitrogens with one attached hydrogen (secondary N) is 1. The first-order valence-corrected chi connectivity index (χ1v) is 10.4. The summed E-state index contributed by atoms with van der Waals surface area (Å²) in [7, 11) is -1.91. The lowest BCUT2D eigenvalue weighted by Crippen LogP contribution is -2.25. The summed E-state index contributed by atoms with van der Waals surface area (Å²) in [5.74, 6) is 0.366. The van der Waals surface area contributed by atoms with Gasteiger partial charge in [0, 0.05) is 18.5 Å². The number of rotatable bonds is 7. The topological polar surface area (TPSA) is 66.5 Å². The fourth-order valence-electron chi connectivity index (χ4n) is 2.01. The van der Waals surface area contributed by atoms with Crippen molar-refractivity contribution in [2.45, 2.75) is 5.75 Å². The largest absolute Gasteiger partial charge is 0.325 e. The molecule has 2 aromatic carbocycles. The van der Waals surface area contributed by atoms with Gasteiger partial charge in [0.25, 0.3) is 0 Å². The summed E-state index contributed by atoms with van der Waals surface area (Å²) in [6, 6.07) is 12.8. The molecule has 0 saturated heterocycles. The van der Waals surface area contributed by atoms with Crippen LogP contribution in [0.25, 0.3) is 0 Å². The maximum Gasteiger partial charge on any atom is 0.234 e. The Morgan fingerprint density at radius 1 is 1.20 bits per heavy atom. The van der Waals surface area contributed by atoms with Crippen molar-refractivity contribution in [2.75, 3.05) is 28.7 Å². The summed E-state index contributed by atoms with van der Waals surface area (Å²) < 4.78 is 37.1. The second kappa shape index (κ2) is 8.35. The molecule has 0 saturated carbocycles. The van der Waals surface area contributed by atoms with Gasteiger partial charge in [0.05, 0.1) is 17.7 Å². The molecule has 2 rings (SSSR count). The predicted molar refractivity (Wildman–Crippen MR) is 101 cm³/mol. The number of sulfonamides is 1. The smallest absolute Gasteiger partial charge is 0.234 e. The normalized spacial score (nSPS) is 11.2. The van der Waals surface area contributed by atoms with Gasteiger partial charge in [-0.15, -0.1) is 11.8 Å². The van der Waals surface area contributed by atoms with Gasteiger partial charge in [0.1, 0.15) is 5.82 Å². The maximum absolute atomic E-state index is 12.8. The van der Waals surface area contributed by atoms with Gasteiger partial charge in [-0.1, -0.05) is 18.2 Å². The van der Waals surface area contributed by atoms with E-state index in [0.29, 0.717) is 17.1 Å². The van der Waals surface area contributed by atoms with Gasteiger partial charge in [-0.2, -0.15) is 0 Å². The maximum atomic E-state index is 12.8. The molecule has 0 bridgehead atoms. The summed E-state index contributed by atoms with van der Waals surface area (Å²) in [5, 5.41) is 2.74. The van der Waals surface area contributed by atoms with Crippen molar-refractivity contribution in [3.05, 3.63) is 59.9 Å². The van der Waals surface area contributed by atoms with E-state index in [1.165, 1.54) is 30.9 Å². The van der Waals surface area contributed by atoms with Crippen LogP contribution >= 0.6 is 11.8 Å². The molecule has 134 valence electrons. The van der Waals surface area contributed by atoms with E-state index in [1.807, 2.05) is 0 Å². The van der Waals surface area contributed by atoms with Gasteiger partial charge in [-0.05, 0) is 35.9 Å². The number of hydrogen-bond acceptors (Lipinski definition) is 4. The van der Waals surface area contributed by atoms with Crippen molar-refractivity contribution in [1.29, 1.82) is 0 Å². The molecule has 1 amide bonds. The van der Waals surface area contributed by atoms with Crippen LogP contribution in [-0.4, -0.2) is 33.4 Å². The van der Waals surface area contributed by atoms with Gasteiger partial charge >= 0.3 is 0 Å². The highest BCUT2D eigenvalue weighted by molar-refractivity contribution is 7.99. The Kier molecular flexibility index (Phi) is 6.44. The van der Waals surface area contributed by atoms with E-state index in [1.54, 1.807) is 36.4 Å². The summed E-state index contributed by atoms with van der Waals surface area (Å²) in [4.78, 5) is 12.0. The van der Waals surface area contributed by atoms with Crippen LogP contribution in [-0.2, 0) is 20.6 Å². The highest BCUT2D eigenvalue weighted by Crippen LogP contribution is 2.21. The molecule has 0 radical (unpaired) electrons. The average Bonchev–Trinajstić information content (AvgIpc) is 2.55. The third-order valence-electron chi connectivity index (χ3n) is 3.41. The Morgan fingerprint density at radius 2 is 1.88 bits per heavy atom. The molecule has 0 fully saturated rings. The molecular weight excluding hydrogens is 363 g/mol. The van der Waals surface area contributed by atoms with Gasteiger partial charge in [-0.3, -0.25) is 9.10 Å². The third kappa shape index (κ3) is 6.06. The van der Waals surface area contributed by atoms with Crippen LogP contribution in [0, 0.1) is 5.82 Å². The zero-order chi connectivity index (χ0) is 18.4. The lowest BCUT2D eigenvalue weighted by Gasteiger charge is -2.17. The molecule has 0 spiro atoms. The Morgan fingerprint density at radius 3 is 2.52 bits per heavy atom. The average molecular weight is 382 g/mol. The fourth-order valence-corrected chi connectivity index (χ4v) is 3.29. The van der Waals surface area contributed by atoms with Crippen molar-refractivity contribution in [3.8, 4) is 0 Å². The zero-order valence-electron chi connectivity index (χ0n) is 13.9. The Bertz CT molecular complexity index is 839. The van der Waals surface area contributed by atoms with Gasteiger partial charge < -0.3 is 5.32 Å². The Hall–Kier alpha value is -2.06. The third-order valence-corrected chi connectivity index (χ3v) is 5.62. The van der Waals surface area contributed by atoms with Crippen LogP contribution in [0.5, 0.6) is 0 Å². The Labute approximate surface area is 151 Å². The molecule has 8 heteroatoms. The van der Waals surface area contributed by atoms with Crippen molar-refractivity contribution in [1.82, 2.24) is 0 Å². The second-order valence-electron chi connectivity index (χ2n) is 5.45. The van der Waals surface area contributed by atoms with Gasteiger partial charge in [-0.25, -0.2) is 12.8 Å². The first-order valence-electron chi connectivity index (χ1n) is 7.42. The molecule has 0 unspecified atom stereocenters. The molecule has 25 heavy (non-hydrogen) atoms. The number of carbonyl (C=O) groups excluding carboxylic acids is 1. The summed E-state index contributed by atoms with van der Waals surface area (Å²) in [6.07, 6.45) is 1.12. The minimum Gasteiger partial charge on any atom is -0.325 e. The molecule has 0 heterocycles. The lowest BCUT2D eigenvalue weighted by molar-refractivity contribution is -0.113. The van der Waals surface area contributed by atoms with E-state index in [0.717, 1.165) is 16.1 Å². The monoisotopic (exact) mass is 382 g/mol. The minimum absolute atomic E-state index is 0.189. The summed E-state index contributed by atoms with van der Waals surface area (Å²) in [5.41, 5.74) is 1.94. The number of nitrogens with zero attached hydrogens (tertiary/aromatic N) is 1. The number of benzene rings is 2. The van der Waals surface area contributed by atoms with Crippen LogP contribution in [0.2, 0.25) is 0 Å². The fraction of sp³-hybridized carbons (Fsp3) is 0.235. The predicted octanol–water partition coefficient (Wildman–Crippen LogP) is 3.09. The van der Waals surface area contributed by atoms with E-state index >= 15 is 0 Å². The first kappa shape index (κ1) is 19.3. The van der Waals surface area contributed by atoms with Crippen LogP contribution in [0.4, 0.5) is 15.8 Å². The van der Waals surface area contributed by atoms with Crippen molar-refractivity contribution >= 4 is 39.1 Å². The summed E-state index contributed by atoms with van der Waals surface area (Å²) in [6.45, 7) is 0. The molecule has 0 atom stereocenters. The molecular formula is C17H19FN2O3S2. The van der Waals surface area contributed by atoms with Gasteiger partial charge in [0.2, 0.25) is 15.9 Å². The minimum atomic E-state index is -3.36. The molecule has 0 aliphatic carbocycles. The highest BCUT2D eigenvalue weighted by Gasteiger charge is 2.12. The number of hydrogen-bond donors (Lipinski definition) is 1. The molecule has 1 N–H and O–H groups in total. The first-order chi connectivity index (χ1) is 11.8. The SMILES string of the molecule is CN(c1cccc(NC(=O)CSCc2ccc(F)cc2)c1)S(C)(=O)=O. The zero-order valence-corrected chi connectivity index (χ0v) is 15.5. The van der Waals surface area contributed by atoms with E-state index in [4.69, 9.17) is 0 Å². The van der Waals surface area contributed by atoms with Crippen LogP contribution < -0.4 is 9.62 Å². The van der Waals surface area contributed by atoms with E-state index in [-0.39, 0.29) is 17.5 Å². The van der Waals surface area contributed by atoms with Crippen molar-refractivity contribution in [3.63, 3.8) is 0 Å². The van der Waals surface area contributed by atoms with Crippen molar-refractivity contribution < 1.29 is 17.6 Å². The number of carbonyl (C=O) groups is 1. The number of halogens is 1. The van der Waals surface area contributed by atoms with E-state index < -0.39 is 10.0 Å². The number of thioether (sulfide) groups is 1. The second-order valence-corrected chi connectivity index (χ2v) is 8.45. The van der Waals surface area contributed by atoms with Gasteiger partial charge in [0.15, 0.2) is 0 Å². The Balaban J connectivity index is 1.89. The van der Waals surface area contributed by atoms with Crippen LogP contribution in [0.15, 0.2) is 48.5 Å². The van der Waals surface area contributed by atoms with Crippen molar-refractivity contribution in [2.24, 2.45) is 0 Å². The van der Waals surface area contributed by atoms with Crippen LogP contribution in [0.3, 0.4) is 0 Å². The molecule has 5 nitrogen and oxygen atoms in total. The molecule has 0 aliphatic rings. The summed E-state index contributed by atoms with van der Waals surface area (Å²) >= 11 is 1.41.